The van der Waals surface area contributed by atoms with Crippen molar-refractivity contribution < 1.29 is 18.4 Å². The lowest BCUT2D eigenvalue weighted by Crippen LogP contribution is -2.49. The third-order valence-electron chi connectivity index (χ3n) is 6.07. The van der Waals surface area contributed by atoms with Crippen molar-refractivity contribution in [3.8, 4) is 17.2 Å². The molecule has 1 saturated heterocycles. The molecule has 0 unspecified atom stereocenters. The average Bonchev–Trinajstić information content (AvgIpc) is 3.54. The van der Waals surface area contributed by atoms with Gasteiger partial charge in [0.1, 0.15) is 11.8 Å². The Hall–Kier alpha value is -4.40. The van der Waals surface area contributed by atoms with Crippen LogP contribution in [0.3, 0.4) is 0 Å². The second-order valence-electron chi connectivity index (χ2n) is 7.98. The minimum Gasteiger partial charge on any atom is -0.493 e. The number of methoxy groups -OCH3 is 1. The molecule has 1 aliphatic heterocycles. The van der Waals surface area contributed by atoms with E-state index in [9.17, 15) is 4.79 Å². The van der Waals surface area contributed by atoms with Crippen LogP contribution in [0.1, 0.15) is 10.5 Å². The zero-order valence-corrected chi connectivity index (χ0v) is 18.5. The number of oxazole rings is 1. The molecule has 34 heavy (non-hydrogen) atoms. The lowest BCUT2D eigenvalue weighted by Gasteiger charge is -2.34. The van der Waals surface area contributed by atoms with E-state index in [2.05, 4.69) is 19.9 Å². The molecule has 1 aliphatic rings. The zero-order chi connectivity index (χ0) is 23.1. The Morgan fingerprint density at radius 3 is 2.59 bits per heavy atom. The predicted octanol–water partition coefficient (Wildman–Crippen LogP) is 4.00. The van der Waals surface area contributed by atoms with Gasteiger partial charge in [0.25, 0.3) is 5.91 Å². The number of anilines is 1. The van der Waals surface area contributed by atoms with E-state index in [1.165, 1.54) is 6.26 Å². The number of aromatic nitrogens is 3. The van der Waals surface area contributed by atoms with E-state index in [0.29, 0.717) is 49.4 Å². The number of nitrogens with zero attached hydrogens (tertiary/aromatic N) is 5. The number of fused-ring (bicyclic) bond motifs is 3. The van der Waals surface area contributed by atoms with E-state index in [1.54, 1.807) is 30.5 Å². The molecule has 0 spiro atoms. The Morgan fingerprint density at radius 2 is 1.79 bits per heavy atom. The Balaban J connectivity index is 1.28. The number of rotatable bonds is 4. The Bertz CT molecular complexity index is 1490. The van der Waals surface area contributed by atoms with Crippen LogP contribution in [0.5, 0.6) is 5.75 Å². The molecule has 6 rings (SSSR count). The number of furan rings is 1. The summed E-state index contributed by atoms with van der Waals surface area (Å²) in [5.41, 5.74) is 2.37. The van der Waals surface area contributed by atoms with Crippen molar-refractivity contribution in [2.75, 3.05) is 38.2 Å². The van der Waals surface area contributed by atoms with Gasteiger partial charge in [0.2, 0.25) is 11.8 Å². The maximum Gasteiger partial charge on any atom is 0.275 e. The molecular weight excluding hydrogens is 434 g/mol. The van der Waals surface area contributed by atoms with Gasteiger partial charge >= 0.3 is 0 Å². The molecule has 170 valence electrons. The highest BCUT2D eigenvalue weighted by Crippen LogP contribution is 2.40. The Kier molecular flexibility index (Phi) is 4.87. The summed E-state index contributed by atoms with van der Waals surface area (Å²) >= 11 is 0. The molecule has 0 radical (unpaired) electrons. The van der Waals surface area contributed by atoms with Crippen LogP contribution in [0.4, 0.5) is 5.95 Å². The van der Waals surface area contributed by atoms with Gasteiger partial charge in [-0.05, 0) is 24.3 Å². The predicted molar refractivity (Wildman–Crippen MR) is 126 cm³/mol. The molecule has 0 bridgehead atoms. The lowest BCUT2D eigenvalue weighted by atomic mass is 10.1. The van der Waals surface area contributed by atoms with Gasteiger partial charge in [-0.3, -0.25) is 4.79 Å². The van der Waals surface area contributed by atoms with Gasteiger partial charge in [-0.15, -0.1) is 0 Å². The molecule has 0 atom stereocenters. The van der Waals surface area contributed by atoms with Crippen molar-refractivity contribution in [2.24, 2.45) is 0 Å². The normalized spacial score (nSPS) is 14.1. The quantitative estimate of drug-likeness (QED) is 0.401. The SMILES string of the molecule is COc1ccc(-c2nc(C(=O)N3CCN(c4ncccn4)CC3)co2)c2c1oc1ccccc12. The van der Waals surface area contributed by atoms with Crippen LogP contribution in [-0.2, 0) is 0 Å². The van der Waals surface area contributed by atoms with Crippen LogP contribution < -0.4 is 9.64 Å². The van der Waals surface area contributed by atoms with Gasteiger partial charge in [-0.1, -0.05) is 18.2 Å². The first kappa shape index (κ1) is 20.2. The van der Waals surface area contributed by atoms with Crippen molar-refractivity contribution in [1.82, 2.24) is 19.9 Å². The molecule has 9 heteroatoms. The van der Waals surface area contributed by atoms with E-state index in [4.69, 9.17) is 13.6 Å². The molecular formula is C25H21N5O4. The second-order valence-corrected chi connectivity index (χ2v) is 7.98. The summed E-state index contributed by atoms with van der Waals surface area (Å²) < 4.78 is 17.3. The number of carbonyl (C=O) groups is 1. The summed E-state index contributed by atoms with van der Waals surface area (Å²) in [4.78, 5) is 30.1. The van der Waals surface area contributed by atoms with E-state index < -0.39 is 0 Å². The molecule has 3 aromatic heterocycles. The third kappa shape index (κ3) is 3.33. The van der Waals surface area contributed by atoms with E-state index >= 15 is 0 Å². The number of piperazine rings is 1. The minimum atomic E-state index is -0.162. The summed E-state index contributed by atoms with van der Waals surface area (Å²) in [6.45, 7) is 2.41. The van der Waals surface area contributed by atoms with Crippen molar-refractivity contribution in [3.63, 3.8) is 0 Å². The van der Waals surface area contributed by atoms with Crippen LogP contribution in [-0.4, -0.2) is 59.0 Å². The second kappa shape index (κ2) is 8.18. The van der Waals surface area contributed by atoms with Crippen LogP contribution in [0.15, 0.2) is 70.0 Å². The largest absolute Gasteiger partial charge is 0.493 e. The zero-order valence-electron chi connectivity index (χ0n) is 18.5. The molecule has 9 nitrogen and oxygen atoms in total. The van der Waals surface area contributed by atoms with Crippen molar-refractivity contribution in [1.29, 1.82) is 0 Å². The molecule has 2 aromatic carbocycles. The fraction of sp³-hybridized carbons (Fsp3) is 0.200. The summed E-state index contributed by atoms with van der Waals surface area (Å²) in [5, 5.41) is 1.77. The van der Waals surface area contributed by atoms with Gasteiger partial charge in [-0.25, -0.2) is 15.0 Å². The summed E-state index contributed by atoms with van der Waals surface area (Å²) in [7, 11) is 1.60. The minimum absolute atomic E-state index is 0.162. The maximum absolute atomic E-state index is 13.1. The standard InChI is InChI=1S/C25H21N5O4/c1-32-20-8-7-17(21-16-5-2-3-6-19(16)34-22(20)21)23-28-18(15-33-23)24(31)29-11-13-30(14-12-29)25-26-9-4-10-27-25/h2-10,15H,11-14H2,1H3. The average molecular weight is 455 g/mol. The molecule has 1 fully saturated rings. The van der Waals surface area contributed by atoms with Gasteiger partial charge in [0.05, 0.1) is 7.11 Å². The van der Waals surface area contributed by atoms with Crippen LogP contribution in [0.2, 0.25) is 0 Å². The van der Waals surface area contributed by atoms with E-state index in [0.717, 1.165) is 21.9 Å². The topological polar surface area (TPSA) is 97.7 Å². The smallest absolute Gasteiger partial charge is 0.275 e. The number of hydrogen-bond acceptors (Lipinski definition) is 8. The maximum atomic E-state index is 13.1. The van der Waals surface area contributed by atoms with Gasteiger partial charge in [-0.2, -0.15) is 0 Å². The number of amides is 1. The fourth-order valence-electron chi connectivity index (χ4n) is 4.37. The first-order valence-corrected chi connectivity index (χ1v) is 11.0. The number of ether oxygens (including phenoxy) is 1. The number of benzene rings is 2. The summed E-state index contributed by atoms with van der Waals surface area (Å²) in [5.74, 6) is 1.50. The lowest BCUT2D eigenvalue weighted by molar-refractivity contribution is 0.0740. The first-order valence-electron chi connectivity index (χ1n) is 11.0. The number of para-hydroxylation sites is 1. The highest BCUT2D eigenvalue weighted by atomic mass is 16.5. The monoisotopic (exact) mass is 455 g/mol. The summed E-state index contributed by atoms with van der Waals surface area (Å²) in [6, 6.07) is 13.2. The number of hydrogen-bond donors (Lipinski definition) is 0. The van der Waals surface area contributed by atoms with Crippen molar-refractivity contribution in [3.05, 3.63) is 66.8 Å². The highest BCUT2D eigenvalue weighted by molar-refractivity contribution is 6.13. The molecule has 1 amide bonds. The van der Waals surface area contributed by atoms with Gasteiger partial charge in [0, 0.05) is 54.9 Å². The Labute approximate surface area is 194 Å². The van der Waals surface area contributed by atoms with Crippen LogP contribution >= 0.6 is 0 Å². The van der Waals surface area contributed by atoms with Crippen molar-refractivity contribution >= 4 is 33.8 Å². The van der Waals surface area contributed by atoms with E-state index in [-0.39, 0.29) is 11.6 Å². The van der Waals surface area contributed by atoms with Crippen LogP contribution in [0, 0.1) is 0 Å². The molecule has 0 aliphatic carbocycles. The molecule has 5 aromatic rings. The van der Waals surface area contributed by atoms with Crippen molar-refractivity contribution in [2.45, 2.75) is 0 Å². The highest BCUT2D eigenvalue weighted by Gasteiger charge is 2.26. The summed E-state index contributed by atoms with van der Waals surface area (Å²) in [6.07, 6.45) is 4.86. The molecule has 0 saturated carbocycles. The third-order valence-corrected chi connectivity index (χ3v) is 6.07. The van der Waals surface area contributed by atoms with Gasteiger partial charge in [0.15, 0.2) is 17.0 Å². The van der Waals surface area contributed by atoms with Gasteiger partial charge < -0.3 is 23.4 Å². The Morgan fingerprint density at radius 1 is 1.00 bits per heavy atom. The number of carbonyl (C=O) groups excluding carboxylic acids is 1. The fourth-order valence-corrected chi connectivity index (χ4v) is 4.37. The van der Waals surface area contributed by atoms with Crippen LogP contribution in [0.25, 0.3) is 33.4 Å². The van der Waals surface area contributed by atoms with E-state index in [1.807, 2.05) is 36.4 Å². The molecule has 4 heterocycles. The first-order chi connectivity index (χ1) is 16.7. The molecule has 0 N–H and O–H groups in total.